The SMILES string of the molecule is CCCCCCCCCCCCCCCCCCOC[C@H](CO[P+]([O-])(O)OCC[N+]1(C)CCCC1)OOC. The van der Waals surface area contributed by atoms with Gasteiger partial charge in [-0.15, -0.1) is 0 Å². The van der Waals surface area contributed by atoms with Gasteiger partial charge in [0.1, 0.15) is 25.9 Å². The quantitative estimate of drug-likeness (QED) is 0.0379. The van der Waals surface area contributed by atoms with Crippen molar-refractivity contribution in [3.63, 3.8) is 0 Å². The summed E-state index contributed by atoms with van der Waals surface area (Å²) in [6.07, 6.45) is 23.2. The standard InChI is InChI=1S/C29H60NO7P/c1-4-5-6-7-8-9-10-11-12-13-14-15-16-17-18-21-25-34-27-29(37-33-3)28-36-38(31,32)35-26-24-30(2)22-19-20-23-30/h29H,4-28H2,1-3H3/p+1/t29-/m1/s1. The molecule has 0 spiro atoms. The minimum Gasteiger partial charge on any atom is -0.606 e. The molecule has 1 saturated heterocycles. The van der Waals surface area contributed by atoms with Crippen LogP contribution in [0.4, 0.5) is 0 Å². The fourth-order valence-corrected chi connectivity index (χ4v) is 5.86. The third-order valence-corrected chi connectivity index (χ3v) is 8.62. The van der Waals surface area contributed by atoms with Crippen molar-refractivity contribution in [1.82, 2.24) is 0 Å². The zero-order valence-electron chi connectivity index (χ0n) is 25.0. The van der Waals surface area contributed by atoms with E-state index in [1.165, 1.54) is 110 Å². The van der Waals surface area contributed by atoms with Crippen molar-refractivity contribution < 1.29 is 37.8 Å². The summed E-state index contributed by atoms with van der Waals surface area (Å²) >= 11 is 0. The molecule has 1 fully saturated rings. The van der Waals surface area contributed by atoms with Gasteiger partial charge in [0.15, 0.2) is 0 Å². The Hall–Kier alpha value is 0.110. The third kappa shape index (κ3) is 20.9. The molecule has 0 saturated carbocycles. The highest BCUT2D eigenvalue weighted by atomic mass is 31.2. The molecule has 1 unspecified atom stereocenters. The molecule has 0 aromatic rings. The summed E-state index contributed by atoms with van der Waals surface area (Å²) in [5.74, 6) is 0. The largest absolute Gasteiger partial charge is 0.606 e. The molecule has 1 heterocycles. The van der Waals surface area contributed by atoms with Gasteiger partial charge in [0, 0.05) is 19.4 Å². The number of phosphoric acid groups is 1. The molecule has 0 bridgehead atoms. The van der Waals surface area contributed by atoms with Crippen LogP contribution in [0, 0.1) is 0 Å². The summed E-state index contributed by atoms with van der Waals surface area (Å²) in [6, 6.07) is 0. The Balaban J connectivity index is 1.93. The smallest absolute Gasteiger partial charge is 0.377 e. The van der Waals surface area contributed by atoms with Crippen molar-refractivity contribution in [1.29, 1.82) is 0 Å². The van der Waals surface area contributed by atoms with Crippen LogP contribution < -0.4 is 4.89 Å². The molecule has 0 aliphatic carbocycles. The Bertz CT molecular complexity index is 521. The summed E-state index contributed by atoms with van der Waals surface area (Å²) in [5, 5.41) is 0. The number of hydrogen-bond donors (Lipinski definition) is 1. The normalized spacial score (nSPS) is 17.6. The Morgan fingerprint density at radius 3 is 1.74 bits per heavy atom. The van der Waals surface area contributed by atoms with E-state index in [0.717, 1.165) is 30.4 Å². The van der Waals surface area contributed by atoms with E-state index < -0.39 is 14.3 Å². The van der Waals surface area contributed by atoms with E-state index in [9.17, 15) is 9.79 Å². The summed E-state index contributed by atoms with van der Waals surface area (Å²) in [4.78, 5) is 32.1. The summed E-state index contributed by atoms with van der Waals surface area (Å²) in [7, 11) is -0.584. The number of nitrogens with zero attached hydrogens (tertiary/aromatic N) is 1. The van der Waals surface area contributed by atoms with E-state index in [1.54, 1.807) is 0 Å². The van der Waals surface area contributed by atoms with Crippen molar-refractivity contribution in [2.45, 2.75) is 129 Å². The van der Waals surface area contributed by atoms with E-state index in [2.05, 4.69) is 14.0 Å². The second-order valence-electron chi connectivity index (χ2n) is 11.4. The zero-order chi connectivity index (χ0) is 27.8. The Morgan fingerprint density at radius 1 is 0.737 bits per heavy atom. The number of rotatable bonds is 28. The fourth-order valence-electron chi connectivity index (χ4n) is 5.12. The molecule has 0 radical (unpaired) electrons. The molecule has 228 valence electrons. The first-order valence-electron chi connectivity index (χ1n) is 15.6. The van der Waals surface area contributed by atoms with Crippen molar-refractivity contribution >= 4 is 8.17 Å². The van der Waals surface area contributed by atoms with Crippen LogP contribution in [0.5, 0.6) is 0 Å². The van der Waals surface area contributed by atoms with Crippen molar-refractivity contribution in [3.05, 3.63) is 0 Å². The minimum atomic E-state index is -4.14. The van der Waals surface area contributed by atoms with Crippen molar-refractivity contribution in [2.75, 3.05) is 60.2 Å². The molecule has 0 aromatic heterocycles. The number of likely N-dealkylation sites (tertiary alicyclic amines) is 1. The Morgan fingerprint density at radius 2 is 1.24 bits per heavy atom. The van der Waals surface area contributed by atoms with Crippen LogP contribution >= 0.6 is 8.17 Å². The van der Waals surface area contributed by atoms with E-state index >= 15 is 0 Å². The van der Waals surface area contributed by atoms with E-state index in [4.69, 9.17) is 23.6 Å². The summed E-state index contributed by atoms with van der Waals surface area (Å²) in [5.41, 5.74) is 0. The number of hydrogen-bond acceptors (Lipinski definition) is 7. The Kier molecular flexibility index (Phi) is 22.6. The lowest BCUT2D eigenvalue weighted by atomic mass is 10.0. The molecule has 8 nitrogen and oxygen atoms in total. The summed E-state index contributed by atoms with van der Waals surface area (Å²) < 4.78 is 16.9. The highest BCUT2D eigenvalue weighted by Crippen LogP contribution is 2.47. The molecule has 1 rings (SSSR count). The second kappa shape index (κ2) is 23.8. The lowest BCUT2D eigenvalue weighted by molar-refractivity contribution is -0.897. The van der Waals surface area contributed by atoms with Gasteiger partial charge in [-0.05, 0) is 6.42 Å². The first kappa shape index (κ1) is 36.1. The van der Waals surface area contributed by atoms with Gasteiger partial charge in [-0.1, -0.05) is 103 Å². The first-order valence-corrected chi connectivity index (χ1v) is 17.1. The molecular weight excluding hydrogens is 505 g/mol. The molecule has 2 atom stereocenters. The third-order valence-electron chi connectivity index (χ3n) is 7.63. The van der Waals surface area contributed by atoms with Gasteiger partial charge in [-0.2, -0.15) is 13.9 Å². The predicted molar refractivity (Wildman–Crippen MR) is 153 cm³/mol. The van der Waals surface area contributed by atoms with Gasteiger partial charge in [-0.25, -0.2) is 9.78 Å². The van der Waals surface area contributed by atoms with Crippen molar-refractivity contribution in [2.24, 2.45) is 0 Å². The molecule has 1 aliphatic rings. The van der Waals surface area contributed by atoms with Crippen molar-refractivity contribution in [3.8, 4) is 0 Å². The van der Waals surface area contributed by atoms with Gasteiger partial charge >= 0.3 is 8.17 Å². The van der Waals surface area contributed by atoms with Crippen LogP contribution in [-0.4, -0.2) is 75.7 Å². The number of likely N-dealkylation sites (N-methyl/N-ethyl adjacent to an activating group) is 1. The van der Waals surface area contributed by atoms with Crippen LogP contribution in [0.25, 0.3) is 0 Å². The molecule has 9 heteroatoms. The average molecular weight is 567 g/mol. The topological polar surface area (TPSA) is 89.4 Å². The van der Waals surface area contributed by atoms with Crippen LogP contribution in [-0.2, 0) is 23.6 Å². The maximum Gasteiger partial charge on any atom is 0.377 e. The van der Waals surface area contributed by atoms with Gasteiger partial charge in [0.05, 0.1) is 33.9 Å². The molecule has 38 heavy (non-hydrogen) atoms. The molecule has 0 amide bonds. The number of ether oxygens (including phenoxy) is 1. The van der Waals surface area contributed by atoms with Gasteiger partial charge in [0.2, 0.25) is 0 Å². The average Bonchev–Trinajstić information content (AvgIpc) is 3.32. The van der Waals surface area contributed by atoms with Crippen LogP contribution in [0.3, 0.4) is 0 Å². The molecular formula is C29H61NO7P+. The van der Waals surface area contributed by atoms with E-state index in [-0.39, 0.29) is 19.8 Å². The highest BCUT2D eigenvalue weighted by Gasteiger charge is 2.33. The highest BCUT2D eigenvalue weighted by molar-refractivity contribution is 7.52. The molecule has 0 aromatic carbocycles. The lowest BCUT2D eigenvalue weighted by Crippen LogP contribution is -2.43. The van der Waals surface area contributed by atoms with Gasteiger partial charge in [-0.3, -0.25) is 0 Å². The van der Waals surface area contributed by atoms with E-state index in [1.807, 2.05) is 0 Å². The number of phosphoric ester groups is 1. The predicted octanol–water partition coefficient (Wildman–Crippen LogP) is 6.51. The lowest BCUT2D eigenvalue weighted by Gasteiger charge is -2.29. The first-order chi connectivity index (χ1) is 18.4. The van der Waals surface area contributed by atoms with Gasteiger partial charge in [0.25, 0.3) is 0 Å². The molecule has 1 aliphatic heterocycles. The van der Waals surface area contributed by atoms with Crippen LogP contribution in [0.2, 0.25) is 0 Å². The minimum absolute atomic E-state index is 0.132. The second-order valence-corrected chi connectivity index (χ2v) is 12.8. The van der Waals surface area contributed by atoms with Crippen LogP contribution in [0.15, 0.2) is 0 Å². The summed E-state index contributed by atoms with van der Waals surface area (Å²) in [6.45, 7) is 6.07. The van der Waals surface area contributed by atoms with E-state index in [0.29, 0.717) is 13.2 Å². The maximum atomic E-state index is 12.2. The van der Waals surface area contributed by atoms with Gasteiger partial charge < -0.3 is 14.1 Å². The monoisotopic (exact) mass is 566 g/mol. The fraction of sp³-hybridized carbons (Fsp3) is 1.00. The number of unbranched alkanes of at least 4 members (excludes halogenated alkanes) is 15. The number of quaternary nitrogens is 1. The van der Waals surface area contributed by atoms with Crippen LogP contribution in [0.1, 0.15) is 122 Å². The zero-order valence-corrected chi connectivity index (χ0v) is 25.9. The molecule has 1 N–H and O–H groups in total. The Labute approximate surface area is 234 Å². The maximum absolute atomic E-state index is 12.2.